The van der Waals surface area contributed by atoms with Crippen molar-refractivity contribution in [2.24, 2.45) is 5.41 Å². The fourth-order valence-electron chi connectivity index (χ4n) is 1.88. The number of hydrogen-bond acceptors (Lipinski definition) is 6. The zero-order valence-electron chi connectivity index (χ0n) is 11.5. The third-order valence-electron chi connectivity index (χ3n) is 3.38. The summed E-state index contributed by atoms with van der Waals surface area (Å²) in [4.78, 5) is 27.7. The van der Waals surface area contributed by atoms with E-state index in [4.69, 9.17) is 4.74 Å². The molecule has 0 amide bonds. The fraction of sp³-hybridized carbons (Fsp3) is 0.500. The molecule has 108 valence electrons. The van der Waals surface area contributed by atoms with Gasteiger partial charge in [0.15, 0.2) is 0 Å². The summed E-state index contributed by atoms with van der Waals surface area (Å²) < 4.78 is 9.37. The molecule has 1 heterocycles. The highest BCUT2D eigenvalue weighted by Gasteiger charge is 2.44. The van der Waals surface area contributed by atoms with E-state index in [1.165, 1.54) is 14.2 Å². The van der Waals surface area contributed by atoms with Gasteiger partial charge in [-0.1, -0.05) is 0 Å². The van der Waals surface area contributed by atoms with Gasteiger partial charge in [0.05, 0.1) is 20.6 Å². The molecule has 20 heavy (non-hydrogen) atoms. The first kappa shape index (κ1) is 14.8. The molecule has 0 spiro atoms. The zero-order valence-corrected chi connectivity index (χ0v) is 12.4. The largest absolute Gasteiger partial charge is 0.469 e. The minimum atomic E-state index is -0.442. The van der Waals surface area contributed by atoms with E-state index in [-0.39, 0.29) is 11.4 Å². The van der Waals surface area contributed by atoms with Crippen LogP contribution in [0.4, 0.5) is 0 Å². The molecular formula is C14H17NO4S. The van der Waals surface area contributed by atoms with Crippen LogP contribution >= 0.6 is 11.8 Å². The first-order chi connectivity index (χ1) is 9.58. The van der Waals surface area contributed by atoms with E-state index in [2.05, 4.69) is 9.72 Å². The maximum absolute atomic E-state index is 11.4. The van der Waals surface area contributed by atoms with Gasteiger partial charge >= 0.3 is 11.9 Å². The molecule has 1 fully saturated rings. The van der Waals surface area contributed by atoms with E-state index >= 15 is 0 Å². The highest BCUT2D eigenvalue weighted by molar-refractivity contribution is 7.99. The van der Waals surface area contributed by atoms with Crippen molar-refractivity contribution in [3.05, 3.63) is 24.0 Å². The molecule has 1 aliphatic rings. The molecule has 0 atom stereocenters. The van der Waals surface area contributed by atoms with Crippen LogP contribution in [-0.2, 0) is 14.3 Å². The van der Waals surface area contributed by atoms with Gasteiger partial charge in [-0.2, -0.15) is 0 Å². The molecule has 1 saturated carbocycles. The van der Waals surface area contributed by atoms with Crippen molar-refractivity contribution in [3.8, 4) is 0 Å². The lowest BCUT2D eigenvalue weighted by atomic mass is 10.1. The molecule has 0 aromatic carbocycles. The zero-order chi connectivity index (χ0) is 14.6. The number of rotatable bonds is 6. The molecule has 0 bridgehead atoms. The Kier molecular flexibility index (Phi) is 4.65. The Morgan fingerprint density at radius 2 is 2.10 bits per heavy atom. The van der Waals surface area contributed by atoms with E-state index in [0.29, 0.717) is 12.1 Å². The summed E-state index contributed by atoms with van der Waals surface area (Å²) >= 11 is 1.63. The quantitative estimate of drug-likeness (QED) is 0.592. The normalized spacial score (nSPS) is 15.5. The summed E-state index contributed by atoms with van der Waals surface area (Å²) in [5.41, 5.74) is 0.363. The predicted molar refractivity (Wildman–Crippen MR) is 74.6 cm³/mol. The summed E-state index contributed by atoms with van der Waals surface area (Å²) in [5.74, 6) is 0.239. The number of methoxy groups -OCH3 is 2. The number of aromatic nitrogens is 1. The van der Waals surface area contributed by atoms with Crippen LogP contribution in [-0.4, -0.2) is 36.9 Å². The molecule has 0 N–H and O–H groups in total. The average molecular weight is 295 g/mol. The topological polar surface area (TPSA) is 65.5 Å². The monoisotopic (exact) mass is 295 g/mol. The second-order valence-electron chi connectivity index (χ2n) is 4.91. The molecule has 1 aromatic rings. The Hall–Kier alpha value is -1.56. The first-order valence-corrected chi connectivity index (χ1v) is 7.31. The van der Waals surface area contributed by atoms with Crippen LogP contribution in [0.2, 0.25) is 0 Å². The lowest BCUT2D eigenvalue weighted by Gasteiger charge is -2.13. The van der Waals surface area contributed by atoms with Crippen LogP contribution in [0.3, 0.4) is 0 Å². The van der Waals surface area contributed by atoms with Crippen molar-refractivity contribution in [2.45, 2.75) is 24.2 Å². The summed E-state index contributed by atoms with van der Waals surface area (Å²) in [7, 11) is 2.75. The van der Waals surface area contributed by atoms with Crippen molar-refractivity contribution in [3.63, 3.8) is 0 Å². The molecule has 0 aliphatic heterocycles. The maximum Gasteiger partial charge on any atom is 0.356 e. The number of thioether (sulfide) groups is 1. The lowest BCUT2D eigenvalue weighted by molar-refractivity contribution is -0.141. The summed E-state index contributed by atoms with van der Waals surface area (Å²) in [5, 5.41) is 0. The van der Waals surface area contributed by atoms with Gasteiger partial charge in [0.2, 0.25) is 0 Å². The lowest BCUT2D eigenvalue weighted by Crippen LogP contribution is -2.13. The van der Waals surface area contributed by atoms with Gasteiger partial charge in [0.1, 0.15) is 5.69 Å². The Morgan fingerprint density at radius 1 is 1.35 bits per heavy atom. The fourth-order valence-corrected chi connectivity index (χ4v) is 3.10. The van der Waals surface area contributed by atoms with Crippen LogP contribution in [0.5, 0.6) is 0 Å². The molecule has 1 aliphatic carbocycles. The van der Waals surface area contributed by atoms with Crippen LogP contribution in [0, 0.1) is 5.41 Å². The van der Waals surface area contributed by atoms with Gasteiger partial charge in [-0.15, -0.1) is 11.8 Å². The second-order valence-corrected chi connectivity index (χ2v) is 5.96. The Morgan fingerprint density at radius 3 is 2.70 bits per heavy atom. The molecule has 0 saturated heterocycles. The van der Waals surface area contributed by atoms with E-state index in [1.54, 1.807) is 24.0 Å². The second kappa shape index (κ2) is 6.26. The van der Waals surface area contributed by atoms with Crippen LogP contribution < -0.4 is 0 Å². The summed E-state index contributed by atoms with van der Waals surface area (Å²) in [6.45, 7) is 0. The van der Waals surface area contributed by atoms with E-state index in [9.17, 15) is 9.59 Å². The predicted octanol–water partition coefficient (Wildman–Crippen LogP) is 2.30. The van der Waals surface area contributed by atoms with Gasteiger partial charge in [-0.3, -0.25) is 4.79 Å². The Labute approximate surface area is 122 Å². The number of nitrogens with zero attached hydrogens (tertiary/aromatic N) is 1. The number of hydrogen-bond donors (Lipinski definition) is 0. The van der Waals surface area contributed by atoms with Crippen LogP contribution in [0.15, 0.2) is 23.2 Å². The first-order valence-electron chi connectivity index (χ1n) is 6.32. The SMILES string of the molecule is COC(=O)CC1(CSc2ccnc(C(=O)OC)c2)CC1. The highest BCUT2D eigenvalue weighted by Crippen LogP contribution is 2.52. The van der Waals surface area contributed by atoms with E-state index in [0.717, 1.165) is 23.5 Å². The summed E-state index contributed by atoms with van der Waals surface area (Å²) in [6.07, 6.45) is 4.15. The molecule has 5 nitrogen and oxygen atoms in total. The number of esters is 2. The molecule has 6 heteroatoms. The standard InChI is InChI=1S/C14H17NO4S/c1-18-12(16)8-14(4-5-14)9-20-10-3-6-15-11(7-10)13(17)19-2/h3,6-7H,4-5,8-9H2,1-2H3. The van der Waals surface area contributed by atoms with Gasteiger partial charge < -0.3 is 9.47 Å². The molecule has 2 rings (SSSR count). The van der Waals surface area contributed by atoms with Gasteiger partial charge in [0.25, 0.3) is 0 Å². The summed E-state index contributed by atoms with van der Waals surface area (Å²) in [6, 6.07) is 3.57. The number of ether oxygens (including phenoxy) is 2. The number of carbonyl (C=O) groups excluding carboxylic acids is 2. The molecule has 1 aromatic heterocycles. The molecular weight excluding hydrogens is 278 g/mol. The Bertz CT molecular complexity index is 514. The van der Waals surface area contributed by atoms with Crippen molar-refractivity contribution < 1.29 is 19.1 Å². The Balaban J connectivity index is 1.94. The van der Waals surface area contributed by atoms with Gasteiger partial charge in [0, 0.05) is 16.8 Å². The van der Waals surface area contributed by atoms with Crippen molar-refractivity contribution >= 4 is 23.7 Å². The number of pyridine rings is 1. The van der Waals surface area contributed by atoms with Crippen LogP contribution in [0.1, 0.15) is 29.8 Å². The third-order valence-corrected chi connectivity index (χ3v) is 4.72. The third kappa shape index (κ3) is 3.72. The smallest absolute Gasteiger partial charge is 0.356 e. The minimum Gasteiger partial charge on any atom is -0.469 e. The average Bonchev–Trinajstić information content (AvgIpc) is 3.24. The van der Waals surface area contributed by atoms with E-state index < -0.39 is 5.97 Å². The van der Waals surface area contributed by atoms with Crippen molar-refractivity contribution in [2.75, 3.05) is 20.0 Å². The molecule has 0 radical (unpaired) electrons. The number of carbonyl (C=O) groups is 2. The van der Waals surface area contributed by atoms with Crippen molar-refractivity contribution in [1.29, 1.82) is 0 Å². The molecule has 0 unspecified atom stereocenters. The van der Waals surface area contributed by atoms with E-state index in [1.807, 2.05) is 6.07 Å². The van der Waals surface area contributed by atoms with Gasteiger partial charge in [-0.25, -0.2) is 9.78 Å². The highest BCUT2D eigenvalue weighted by atomic mass is 32.2. The van der Waals surface area contributed by atoms with Crippen LogP contribution in [0.25, 0.3) is 0 Å². The maximum atomic E-state index is 11.4. The minimum absolute atomic E-state index is 0.0620. The van der Waals surface area contributed by atoms with Crippen molar-refractivity contribution in [1.82, 2.24) is 4.98 Å². The van der Waals surface area contributed by atoms with Gasteiger partial charge in [-0.05, 0) is 30.4 Å².